The molecule has 0 saturated carbocycles. The van der Waals surface area contributed by atoms with Crippen molar-refractivity contribution in [2.45, 2.75) is 67.7 Å². The fraction of sp³-hybridized carbons (Fsp3) is 0.419. The molecule has 0 atom stereocenters. The molecule has 4 aromatic rings. The highest BCUT2D eigenvalue weighted by molar-refractivity contribution is 6.75. The van der Waals surface area contributed by atoms with Crippen LogP contribution in [0.5, 0.6) is 0 Å². The second-order valence-electron chi connectivity index (χ2n) is 9.66. The average molecular weight is 489 g/mol. The third kappa shape index (κ3) is 4.53. The molecule has 0 aliphatic heterocycles. The normalized spacial score (nSPS) is 12.3. The van der Waals surface area contributed by atoms with Crippen molar-refractivity contribution in [3.8, 4) is 0 Å². The van der Waals surface area contributed by atoms with E-state index in [0.29, 0.717) is 19.8 Å². The highest BCUT2D eigenvalue weighted by Crippen LogP contribution is 2.40. The van der Waals surface area contributed by atoms with Crippen molar-refractivity contribution in [3.05, 3.63) is 64.7 Å². The van der Waals surface area contributed by atoms with Gasteiger partial charge in [0.05, 0.1) is 0 Å². The number of aryl methyl sites for hydroxylation is 4. The summed E-state index contributed by atoms with van der Waals surface area (Å²) in [6, 6.07) is 15.5. The van der Waals surface area contributed by atoms with Gasteiger partial charge in [-0.15, -0.1) is 0 Å². The van der Waals surface area contributed by atoms with E-state index in [1.165, 1.54) is 54.6 Å². The van der Waals surface area contributed by atoms with E-state index in [1.807, 2.05) is 0 Å². The van der Waals surface area contributed by atoms with E-state index >= 15 is 0 Å². The molecule has 4 heteroatoms. The second kappa shape index (κ2) is 10.8. The molecule has 0 spiro atoms. The van der Waals surface area contributed by atoms with Crippen LogP contribution >= 0.6 is 0 Å². The van der Waals surface area contributed by atoms with Crippen molar-refractivity contribution >= 4 is 46.3 Å². The van der Waals surface area contributed by atoms with Gasteiger partial charge in [-0.2, -0.15) is 0 Å². The van der Waals surface area contributed by atoms with Gasteiger partial charge in [0.25, 0.3) is 0 Å². The summed E-state index contributed by atoms with van der Waals surface area (Å²) >= 11 is 0. The largest absolute Gasteiger partial charge is 0.537 e. The Bertz CT molecular complexity index is 1340. The summed E-state index contributed by atoms with van der Waals surface area (Å²) in [4.78, 5) is 0. The van der Waals surface area contributed by atoms with Gasteiger partial charge in [-0.1, -0.05) is 57.2 Å². The van der Waals surface area contributed by atoms with E-state index < -0.39 is 8.80 Å². The zero-order valence-corrected chi connectivity index (χ0v) is 23.5. The molecular formula is C31H40O3Si. The fourth-order valence-corrected chi connectivity index (χ4v) is 8.22. The maximum absolute atomic E-state index is 6.47. The van der Waals surface area contributed by atoms with Crippen LogP contribution in [0, 0.1) is 27.7 Å². The van der Waals surface area contributed by atoms with Crippen LogP contribution in [0.1, 0.15) is 62.3 Å². The van der Waals surface area contributed by atoms with Gasteiger partial charge in [0.15, 0.2) is 0 Å². The highest BCUT2D eigenvalue weighted by atomic mass is 28.4. The molecule has 3 nitrogen and oxygen atoms in total. The molecule has 35 heavy (non-hydrogen) atoms. The zero-order valence-electron chi connectivity index (χ0n) is 22.5. The molecule has 0 unspecified atom stereocenters. The van der Waals surface area contributed by atoms with E-state index in [-0.39, 0.29) is 0 Å². The summed E-state index contributed by atoms with van der Waals surface area (Å²) in [5.74, 6) is 0. The van der Waals surface area contributed by atoms with Crippen molar-refractivity contribution in [2.75, 3.05) is 19.8 Å². The van der Waals surface area contributed by atoms with Gasteiger partial charge in [-0.3, -0.25) is 0 Å². The lowest BCUT2D eigenvalue weighted by Gasteiger charge is -2.30. The van der Waals surface area contributed by atoms with E-state index in [9.17, 15) is 0 Å². The first-order chi connectivity index (χ1) is 16.9. The van der Waals surface area contributed by atoms with Gasteiger partial charge in [0.2, 0.25) is 0 Å². The van der Waals surface area contributed by atoms with Crippen molar-refractivity contribution in [1.82, 2.24) is 0 Å². The van der Waals surface area contributed by atoms with Gasteiger partial charge < -0.3 is 13.3 Å². The highest BCUT2D eigenvalue weighted by Gasteiger charge is 2.44. The molecular weight excluding hydrogens is 448 g/mol. The maximum atomic E-state index is 6.47. The minimum absolute atomic E-state index is 0.637. The van der Waals surface area contributed by atoms with Gasteiger partial charge in [0, 0.05) is 25.0 Å². The molecule has 0 aliphatic carbocycles. The van der Waals surface area contributed by atoms with Crippen molar-refractivity contribution in [2.24, 2.45) is 0 Å². The summed E-state index contributed by atoms with van der Waals surface area (Å²) in [7, 11) is -3.03. The predicted molar refractivity (Wildman–Crippen MR) is 152 cm³/mol. The Labute approximate surface area is 211 Å². The van der Waals surface area contributed by atoms with Crippen LogP contribution in [0.25, 0.3) is 32.3 Å². The van der Waals surface area contributed by atoms with Gasteiger partial charge in [-0.25, -0.2) is 0 Å². The van der Waals surface area contributed by atoms with Crippen LogP contribution in [-0.2, 0) is 13.3 Å². The standard InChI is InChI=1S/C31H40O3Si/c1-8-17-32-35(33-18-9-2,34-19-10-3)25-15-16-28-23(6)30-21(4)26-13-11-12-14-27(26)22(5)31(30)24(7)29(28)20-25/h11-16,20H,8-10,17-19H2,1-7H3. The smallest absolute Gasteiger partial charge is 0.370 e. The maximum Gasteiger partial charge on any atom is 0.537 e. The minimum Gasteiger partial charge on any atom is -0.370 e. The third-order valence-corrected chi connectivity index (χ3v) is 9.93. The van der Waals surface area contributed by atoms with Crippen LogP contribution in [-0.4, -0.2) is 28.6 Å². The first kappa shape index (κ1) is 25.8. The van der Waals surface area contributed by atoms with Crippen LogP contribution in [0.15, 0.2) is 42.5 Å². The molecule has 4 rings (SSSR count). The molecule has 4 aromatic carbocycles. The van der Waals surface area contributed by atoms with E-state index in [0.717, 1.165) is 24.4 Å². The Morgan fingerprint density at radius 2 is 0.943 bits per heavy atom. The van der Waals surface area contributed by atoms with E-state index in [4.69, 9.17) is 13.3 Å². The molecule has 0 bridgehead atoms. The monoisotopic (exact) mass is 488 g/mol. The van der Waals surface area contributed by atoms with Crippen molar-refractivity contribution in [1.29, 1.82) is 0 Å². The molecule has 0 radical (unpaired) electrons. The van der Waals surface area contributed by atoms with Crippen molar-refractivity contribution < 1.29 is 13.3 Å². The first-order valence-electron chi connectivity index (χ1n) is 13.2. The zero-order chi connectivity index (χ0) is 25.2. The summed E-state index contributed by atoms with van der Waals surface area (Å²) in [5.41, 5.74) is 5.37. The number of hydrogen-bond donors (Lipinski definition) is 0. The van der Waals surface area contributed by atoms with E-state index in [2.05, 4.69) is 90.9 Å². The predicted octanol–water partition coefficient (Wildman–Crippen LogP) is 7.81. The second-order valence-corrected chi connectivity index (χ2v) is 12.2. The summed E-state index contributed by atoms with van der Waals surface area (Å²) < 4.78 is 19.4. The molecule has 0 amide bonds. The quantitative estimate of drug-likeness (QED) is 0.168. The molecule has 0 N–H and O–H groups in total. The topological polar surface area (TPSA) is 27.7 Å². The van der Waals surface area contributed by atoms with Crippen molar-refractivity contribution in [3.63, 3.8) is 0 Å². The lowest BCUT2D eigenvalue weighted by Crippen LogP contribution is -2.57. The van der Waals surface area contributed by atoms with Gasteiger partial charge in [0.1, 0.15) is 0 Å². The Balaban J connectivity index is 2.02. The van der Waals surface area contributed by atoms with Gasteiger partial charge >= 0.3 is 8.80 Å². The number of rotatable bonds is 10. The summed E-state index contributed by atoms with van der Waals surface area (Å²) in [6.45, 7) is 17.4. The number of benzene rings is 4. The lowest BCUT2D eigenvalue weighted by molar-refractivity contribution is 0.0732. The molecule has 0 aromatic heterocycles. The first-order valence-corrected chi connectivity index (χ1v) is 14.9. The Morgan fingerprint density at radius 1 is 0.543 bits per heavy atom. The molecule has 186 valence electrons. The van der Waals surface area contributed by atoms with Crippen LogP contribution in [0.3, 0.4) is 0 Å². The van der Waals surface area contributed by atoms with Crippen LogP contribution < -0.4 is 5.19 Å². The Kier molecular flexibility index (Phi) is 7.97. The van der Waals surface area contributed by atoms with E-state index in [1.54, 1.807) is 0 Å². The lowest BCUT2D eigenvalue weighted by atomic mass is 9.85. The van der Waals surface area contributed by atoms with Crippen LogP contribution in [0.2, 0.25) is 0 Å². The fourth-order valence-electron chi connectivity index (χ4n) is 5.44. The summed E-state index contributed by atoms with van der Waals surface area (Å²) in [5, 5.41) is 9.06. The Hall–Kier alpha value is -2.24. The summed E-state index contributed by atoms with van der Waals surface area (Å²) in [6.07, 6.45) is 2.80. The minimum atomic E-state index is -3.03. The SMILES string of the molecule is CCCO[Si](OCCC)(OCCC)c1ccc2c(C)c3c(C)c4ccccc4c(C)c3c(C)c2c1. The van der Waals surface area contributed by atoms with Crippen LogP contribution in [0.4, 0.5) is 0 Å². The Morgan fingerprint density at radius 3 is 1.37 bits per heavy atom. The molecule has 0 aliphatic rings. The molecule has 0 saturated heterocycles. The number of fused-ring (bicyclic) bond motifs is 3. The molecule has 0 fully saturated rings. The number of hydrogen-bond acceptors (Lipinski definition) is 3. The molecule has 0 heterocycles. The third-order valence-electron chi connectivity index (χ3n) is 7.15. The van der Waals surface area contributed by atoms with Gasteiger partial charge in [-0.05, 0) is 108 Å². The average Bonchev–Trinajstić information content (AvgIpc) is 2.89.